The Morgan fingerprint density at radius 2 is 2.00 bits per heavy atom. The van der Waals surface area contributed by atoms with Crippen molar-refractivity contribution in [3.05, 3.63) is 60.8 Å². The molecule has 0 aliphatic carbocycles. The van der Waals surface area contributed by atoms with Crippen molar-refractivity contribution in [3.8, 4) is 0 Å². The van der Waals surface area contributed by atoms with Crippen LogP contribution in [0.1, 0.15) is 45.4 Å². The van der Waals surface area contributed by atoms with Gasteiger partial charge in [0, 0.05) is 6.42 Å². The van der Waals surface area contributed by atoms with E-state index in [2.05, 4.69) is 25.2 Å². The lowest BCUT2D eigenvalue weighted by molar-refractivity contribution is -0.151. The molecule has 0 aromatic heterocycles. The van der Waals surface area contributed by atoms with Crippen molar-refractivity contribution in [2.24, 2.45) is 0 Å². The molecule has 0 aromatic carbocycles. The van der Waals surface area contributed by atoms with E-state index in [-0.39, 0.29) is 5.97 Å². The van der Waals surface area contributed by atoms with Gasteiger partial charge >= 0.3 is 5.97 Å². The molecule has 126 valence electrons. The Morgan fingerprint density at radius 1 is 1.17 bits per heavy atom. The van der Waals surface area contributed by atoms with Crippen LogP contribution in [0.3, 0.4) is 0 Å². The molecule has 0 unspecified atom stereocenters. The molecule has 1 rings (SSSR count). The van der Waals surface area contributed by atoms with Crippen molar-refractivity contribution in [3.63, 3.8) is 0 Å². The molecular weight excluding hydrogens is 288 g/mol. The smallest absolute Gasteiger partial charge is 0.306 e. The Kier molecular flexibility index (Phi) is 10.5. The Hall–Kier alpha value is -1.87. The highest BCUT2D eigenvalue weighted by molar-refractivity contribution is 5.69. The first-order valence-corrected chi connectivity index (χ1v) is 8.41. The third kappa shape index (κ3) is 9.69. The maximum atomic E-state index is 11.7. The summed E-state index contributed by atoms with van der Waals surface area (Å²) in [5.74, 6) is -0.249. The van der Waals surface area contributed by atoms with Crippen molar-refractivity contribution in [1.82, 2.24) is 0 Å². The van der Waals surface area contributed by atoms with E-state index in [1.54, 1.807) is 6.08 Å². The van der Waals surface area contributed by atoms with Crippen LogP contribution in [0.25, 0.3) is 0 Å². The van der Waals surface area contributed by atoms with Gasteiger partial charge in [-0.05, 0) is 38.2 Å². The third-order valence-electron chi connectivity index (χ3n) is 3.39. The quantitative estimate of drug-likeness (QED) is 0.448. The fourth-order valence-electron chi connectivity index (χ4n) is 2.11. The molecule has 23 heavy (non-hydrogen) atoms. The molecule has 1 heterocycles. The van der Waals surface area contributed by atoms with Gasteiger partial charge in [0.2, 0.25) is 0 Å². The number of hydrogen-bond acceptors (Lipinski definition) is 3. The first-order valence-electron chi connectivity index (χ1n) is 8.41. The summed E-state index contributed by atoms with van der Waals surface area (Å²) in [6.07, 6.45) is 22.8. The van der Waals surface area contributed by atoms with E-state index in [1.165, 1.54) is 0 Å². The molecule has 0 saturated heterocycles. The fraction of sp³-hybridized carbons (Fsp3) is 0.450. The highest BCUT2D eigenvalue weighted by Gasteiger charge is 2.20. The fourth-order valence-corrected chi connectivity index (χ4v) is 2.11. The molecule has 0 radical (unpaired) electrons. The maximum Gasteiger partial charge on any atom is 0.306 e. The molecule has 0 spiro atoms. The van der Waals surface area contributed by atoms with Gasteiger partial charge in [-0.15, -0.1) is 0 Å². The molecule has 0 aromatic rings. The zero-order chi connectivity index (χ0) is 16.8. The maximum absolute atomic E-state index is 11.7. The summed E-state index contributed by atoms with van der Waals surface area (Å²) in [7, 11) is 0. The summed E-state index contributed by atoms with van der Waals surface area (Å²) in [5.41, 5.74) is 0. The Bertz CT molecular complexity index is 469. The Morgan fingerprint density at radius 3 is 2.83 bits per heavy atom. The molecule has 1 aliphatic rings. The van der Waals surface area contributed by atoms with Crippen LogP contribution in [-0.4, -0.2) is 23.3 Å². The zero-order valence-corrected chi connectivity index (χ0v) is 13.9. The van der Waals surface area contributed by atoms with Crippen LogP contribution in [0.2, 0.25) is 0 Å². The van der Waals surface area contributed by atoms with Gasteiger partial charge in [0.05, 0.1) is 6.10 Å². The summed E-state index contributed by atoms with van der Waals surface area (Å²) in [6, 6.07) is 0. The standard InChI is InChI=1S/C20H28O3/c1-2-3-4-5-6-7-8-9-13-16-19-18(21)15-12-10-11-14-17-20(22)23-19/h3-4,6-10,12-13,16,18-19,21H,2,5,11,14-15,17H2,1H3/b4-3-,7-6+,9-8+,12-10-,16-13-/t18-,19+/m0/s1. The lowest BCUT2D eigenvalue weighted by Crippen LogP contribution is -2.29. The monoisotopic (exact) mass is 316 g/mol. The predicted octanol–water partition coefficient (Wildman–Crippen LogP) is 4.41. The van der Waals surface area contributed by atoms with E-state index in [0.29, 0.717) is 12.8 Å². The third-order valence-corrected chi connectivity index (χ3v) is 3.39. The first kappa shape index (κ1) is 19.2. The van der Waals surface area contributed by atoms with Gasteiger partial charge in [0.25, 0.3) is 0 Å². The molecule has 2 atom stereocenters. The second kappa shape index (κ2) is 12.7. The van der Waals surface area contributed by atoms with Crippen LogP contribution >= 0.6 is 0 Å². The van der Waals surface area contributed by atoms with E-state index >= 15 is 0 Å². The number of carbonyl (C=O) groups is 1. The largest absolute Gasteiger partial charge is 0.455 e. The first-order chi connectivity index (χ1) is 11.2. The molecular formula is C20H28O3. The summed E-state index contributed by atoms with van der Waals surface area (Å²) in [5, 5.41) is 10.1. The summed E-state index contributed by atoms with van der Waals surface area (Å²) >= 11 is 0. The number of aliphatic hydroxyl groups is 1. The van der Waals surface area contributed by atoms with Crippen LogP contribution < -0.4 is 0 Å². The predicted molar refractivity (Wildman–Crippen MR) is 95.0 cm³/mol. The minimum Gasteiger partial charge on any atom is -0.455 e. The van der Waals surface area contributed by atoms with Crippen molar-refractivity contribution in [1.29, 1.82) is 0 Å². The molecule has 3 nitrogen and oxygen atoms in total. The highest BCUT2D eigenvalue weighted by atomic mass is 16.6. The topological polar surface area (TPSA) is 46.5 Å². The van der Waals surface area contributed by atoms with Crippen LogP contribution in [0, 0.1) is 0 Å². The van der Waals surface area contributed by atoms with E-state index < -0.39 is 12.2 Å². The van der Waals surface area contributed by atoms with Gasteiger partial charge in [-0.3, -0.25) is 4.79 Å². The summed E-state index contributed by atoms with van der Waals surface area (Å²) in [6.45, 7) is 2.11. The number of ether oxygens (including phenoxy) is 1. The minimum atomic E-state index is -0.701. The van der Waals surface area contributed by atoms with E-state index in [0.717, 1.165) is 25.7 Å². The molecule has 0 amide bonds. The van der Waals surface area contributed by atoms with Crippen molar-refractivity contribution < 1.29 is 14.6 Å². The normalized spacial score (nSPS) is 25.6. The second-order valence-corrected chi connectivity index (χ2v) is 5.43. The molecule has 1 aliphatic heterocycles. The van der Waals surface area contributed by atoms with Crippen molar-refractivity contribution in [2.75, 3.05) is 0 Å². The Labute approximate surface area is 139 Å². The van der Waals surface area contributed by atoms with Gasteiger partial charge in [-0.25, -0.2) is 0 Å². The summed E-state index contributed by atoms with van der Waals surface area (Å²) < 4.78 is 5.34. The highest BCUT2D eigenvalue weighted by Crippen LogP contribution is 2.12. The lowest BCUT2D eigenvalue weighted by Gasteiger charge is -2.20. The van der Waals surface area contributed by atoms with E-state index in [9.17, 15) is 9.90 Å². The van der Waals surface area contributed by atoms with Gasteiger partial charge in [0.1, 0.15) is 6.10 Å². The van der Waals surface area contributed by atoms with E-state index in [4.69, 9.17) is 4.74 Å². The molecule has 3 heteroatoms. The van der Waals surface area contributed by atoms with Crippen LogP contribution in [0.4, 0.5) is 0 Å². The van der Waals surface area contributed by atoms with Crippen LogP contribution in [0.5, 0.6) is 0 Å². The average Bonchev–Trinajstić information content (AvgIpc) is 2.54. The van der Waals surface area contributed by atoms with Crippen LogP contribution in [-0.2, 0) is 9.53 Å². The van der Waals surface area contributed by atoms with Gasteiger partial charge in [-0.1, -0.05) is 61.6 Å². The SMILES string of the molecule is CC/C=C\C/C=C/C=C/C=C\[C@H]1OC(=O)CCC/C=C\C[C@@H]1O. The minimum absolute atomic E-state index is 0.249. The number of carbonyl (C=O) groups excluding carboxylic acids is 1. The van der Waals surface area contributed by atoms with Gasteiger partial charge < -0.3 is 9.84 Å². The number of allylic oxidation sites excluding steroid dienone is 8. The number of aliphatic hydroxyl groups excluding tert-OH is 1. The summed E-state index contributed by atoms with van der Waals surface area (Å²) in [4.78, 5) is 11.7. The molecule has 0 fully saturated rings. The Balaban J connectivity index is 2.49. The number of hydrogen-bond donors (Lipinski definition) is 1. The van der Waals surface area contributed by atoms with Gasteiger partial charge in [0.15, 0.2) is 0 Å². The second-order valence-electron chi connectivity index (χ2n) is 5.43. The molecule has 1 N–H and O–H groups in total. The van der Waals surface area contributed by atoms with E-state index in [1.807, 2.05) is 36.5 Å². The molecule has 0 saturated carbocycles. The van der Waals surface area contributed by atoms with Crippen LogP contribution in [0.15, 0.2) is 60.8 Å². The number of cyclic esters (lactones) is 1. The van der Waals surface area contributed by atoms with Crippen molar-refractivity contribution in [2.45, 2.75) is 57.7 Å². The zero-order valence-electron chi connectivity index (χ0n) is 13.9. The number of esters is 1. The lowest BCUT2D eigenvalue weighted by atomic mass is 10.1. The molecule has 0 bridgehead atoms. The van der Waals surface area contributed by atoms with Gasteiger partial charge in [-0.2, -0.15) is 0 Å². The average molecular weight is 316 g/mol. The number of rotatable bonds is 6. The van der Waals surface area contributed by atoms with Crippen molar-refractivity contribution >= 4 is 5.97 Å².